The molecule has 1 aliphatic heterocycles. The molecule has 9 nitrogen and oxygen atoms in total. The van der Waals surface area contributed by atoms with Crippen molar-refractivity contribution in [1.29, 1.82) is 0 Å². The smallest absolute Gasteiger partial charge is 0.311 e. The third kappa shape index (κ3) is 6.55. The van der Waals surface area contributed by atoms with Crippen LogP contribution in [0.2, 0.25) is 5.02 Å². The van der Waals surface area contributed by atoms with Gasteiger partial charge in [-0.2, -0.15) is 0 Å². The van der Waals surface area contributed by atoms with Crippen LogP contribution in [-0.2, 0) is 9.53 Å². The number of hydrogen-bond acceptors (Lipinski definition) is 7. The molecule has 1 aliphatic carbocycles. The number of nitro benzene ring substituents is 1. The molecular formula is C25H31ClN4O5. The highest BCUT2D eigenvalue weighted by atomic mass is 35.5. The highest BCUT2D eigenvalue weighted by Crippen LogP contribution is 2.31. The van der Waals surface area contributed by atoms with Crippen LogP contribution in [0.5, 0.6) is 5.75 Å². The number of piperazine rings is 1. The van der Waals surface area contributed by atoms with Crippen molar-refractivity contribution in [3.63, 3.8) is 0 Å². The second-order valence-corrected chi connectivity index (χ2v) is 9.35. The summed E-state index contributed by atoms with van der Waals surface area (Å²) < 4.78 is 11.1. The fraction of sp³-hybridized carbons (Fsp3) is 0.480. The average molecular weight is 503 g/mol. The average Bonchev–Trinajstić information content (AvgIpc) is 2.88. The normalized spacial score (nSPS) is 20.4. The molecule has 2 aromatic rings. The second-order valence-electron chi connectivity index (χ2n) is 8.92. The lowest BCUT2D eigenvalue weighted by molar-refractivity contribution is -0.385. The van der Waals surface area contributed by atoms with Gasteiger partial charge in [-0.3, -0.25) is 14.9 Å². The van der Waals surface area contributed by atoms with Gasteiger partial charge < -0.3 is 24.6 Å². The largest absolute Gasteiger partial charge is 0.490 e. The zero-order valence-electron chi connectivity index (χ0n) is 19.8. The number of methoxy groups -OCH3 is 1. The summed E-state index contributed by atoms with van der Waals surface area (Å²) in [5.41, 5.74) is 1.87. The van der Waals surface area contributed by atoms with Crippen molar-refractivity contribution >= 4 is 34.6 Å². The van der Waals surface area contributed by atoms with Gasteiger partial charge in [0, 0.05) is 60.8 Å². The van der Waals surface area contributed by atoms with Crippen LogP contribution in [0.3, 0.4) is 0 Å². The maximum Gasteiger partial charge on any atom is 0.311 e. The summed E-state index contributed by atoms with van der Waals surface area (Å²) in [5.74, 6) is 0.281. The molecule has 35 heavy (non-hydrogen) atoms. The summed E-state index contributed by atoms with van der Waals surface area (Å²) in [6.45, 7) is 3.05. The lowest BCUT2D eigenvalue weighted by Gasteiger charge is -2.36. The minimum atomic E-state index is -0.452. The summed E-state index contributed by atoms with van der Waals surface area (Å²) in [5, 5.41) is 15.2. The van der Waals surface area contributed by atoms with Gasteiger partial charge in [-0.1, -0.05) is 11.6 Å². The summed E-state index contributed by atoms with van der Waals surface area (Å²) in [7, 11) is 1.43. The molecule has 0 bridgehead atoms. The predicted molar refractivity (Wildman–Crippen MR) is 136 cm³/mol. The number of amides is 1. The molecule has 1 saturated carbocycles. The number of benzene rings is 2. The number of ether oxygens (including phenoxy) is 2. The third-order valence-electron chi connectivity index (χ3n) is 6.69. The van der Waals surface area contributed by atoms with E-state index in [0.29, 0.717) is 13.1 Å². The van der Waals surface area contributed by atoms with Crippen molar-refractivity contribution in [2.45, 2.75) is 37.8 Å². The van der Waals surface area contributed by atoms with Crippen LogP contribution in [0.15, 0.2) is 42.5 Å². The molecule has 1 heterocycles. The highest BCUT2D eigenvalue weighted by molar-refractivity contribution is 6.30. The number of nitrogens with one attached hydrogen (secondary N) is 1. The standard InChI is InChI=1S/C25H31ClN4O5/c1-34-24-16-20(6-11-23(24)30(32)33)27-19-4-9-22(10-5-19)35-17-25(31)29-14-12-28(13-15-29)21-7-2-18(26)3-8-21/h2-3,6-8,11,16,19,22,27H,4-5,9-10,12-15,17H2,1H3/t19-,22-. The first-order chi connectivity index (χ1) is 16.9. The SMILES string of the molecule is COc1cc(N[C@H]2CC[C@H](OCC(=O)N3CCN(c4ccc(Cl)cc4)CC3)CC2)ccc1[N+](=O)[O-]. The van der Waals surface area contributed by atoms with Gasteiger partial charge in [0.2, 0.25) is 5.91 Å². The number of nitro groups is 1. The molecule has 1 amide bonds. The molecular weight excluding hydrogens is 472 g/mol. The maximum absolute atomic E-state index is 12.7. The van der Waals surface area contributed by atoms with Crippen LogP contribution >= 0.6 is 11.6 Å². The number of carbonyl (C=O) groups is 1. The van der Waals surface area contributed by atoms with Gasteiger partial charge in [0.25, 0.3) is 0 Å². The van der Waals surface area contributed by atoms with Crippen molar-refractivity contribution in [2.75, 3.05) is 50.1 Å². The Balaban J connectivity index is 1.17. The van der Waals surface area contributed by atoms with Gasteiger partial charge in [0.15, 0.2) is 5.75 Å². The zero-order valence-corrected chi connectivity index (χ0v) is 20.6. The topological polar surface area (TPSA) is 97.2 Å². The Kier molecular flexibility index (Phi) is 8.30. The van der Waals surface area contributed by atoms with Crippen molar-refractivity contribution in [3.8, 4) is 5.75 Å². The molecule has 0 spiro atoms. The molecule has 0 radical (unpaired) electrons. The monoisotopic (exact) mass is 502 g/mol. The van der Waals surface area contributed by atoms with E-state index in [1.807, 2.05) is 29.2 Å². The highest BCUT2D eigenvalue weighted by Gasteiger charge is 2.26. The van der Waals surface area contributed by atoms with Crippen molar-refractivity contribution in [3.05, 3.63) is 57.6 Å². The molecule has 2 fully saturated rings. The zero-order chi connectivity index (χ0) is 24.8. The minimum absolute atomic E-state index is 0.0407. The van der Waals surface area contributed by atoms with E-state index in [4.69, 9.17) is 21.1 Å². The van der Waals surface area contributed by atoms with E-state index < -0.39 is 4.92 Å². The van der Waals surface area contributed by atoms with Gasteiger partial charge in [-0.15, -0.1) is 0 Å². The number of carbonyl (C=O) groups excluding carboxylic acids is 1. The van der Waals surface area contributed by atoms with Crippen molar-refractivity contribution < 1.29 is 19.2 Å². The second kappa shape index (κ2) is 11.6. The maximum atomic E-state index is 12.7. The van der Waals surface area contributed by atoms with Crippen LogP contribution in [0.1, 0.15) is 25.7 Å². The summed E-state index contributed by atoms with van der Waals surface area (Å²) >= 11 is 5.97. The fourth-order valence-corrected chi connectivity index (χ4v) is 4.80. The fourth-order valence-electron chi connectivity index (χ4n) is 4.67. The number of rotatable bonds is 8. The molecule has 0 unspecified atom stereocenters. The van der Waals surface area contributed by atoms with E-state index in [-0.39, 0.29) is 36.1 Å². The first-order valence-corrected chi connectivity index (χ1v) is 12.3. The van der Waals surface area contributed by atoms with Gasteiger partial charge in [0.1, 0.15) is 6.61 Å². The first-order valence-electron chi connectivity index (χ1n) is 11.9. The summed E-state index contributed by atoms with van der Waals surface area (Å²) in [4.78, 5) is 27.4. The third-order valence-corrected chi connectivity index (χ3v) is 6.94. The quantitative estimate of drug-likeness (QED) is 0.423. The van der Waals surface area contributed by atoms with E-state index >= 15 is 0 Å². The van der Waals surface area contributed by atoms with Gasteiger partial charge in [-0.05, 0) is 56.0 Å². The minimum Gasteiger partial charge on any atom is -0.490 e. The Labute approximate surface area is 210 Å². The van der Waals surface area contributed by atoms with Crippen LogP contribution < -0.4 is 15.0 Å². The number of anilines is 2. The Morgan fingerprint density at radius 3 is 2.40 bits per heavy atom. The first kappa shape index (κ1) is 25.1. The molecule has 10 heteroatoms. The number of nitrogens with zero attached hydrogens (tertiary/aromatic N) is 3. The van der Waals surface area contributed by atoms with Crippen LogP contribution in [-0.4, -0.2) is 67.8 Å². The van der Waals surface area contributed by atoms with E-state index in [0.717, 1.165) is 55.2 Å². The predicted octanol–water partition coefficient (Wildman–Crippen LogP) is 4.35. The molecule has 0 atom stereocenters. The number of hydrogen-bond donors (Lipinski definition) is 1. The number of halogens is 1. The molecule has 0 aromatic heterocycles. The lowest BCUT2D eigenvalue weighted by atomic mass is 9.92. The Bertz CT molecular complexity index is 1020. The molecule has 4 rings (SSSR count). The van der Waals surface area contributed by atoms with Crippen LogP contribution in [0, 0.1) is 10.1 Å². The molecule has 1 N–H and O–H groups in total. The molecule has 1 saturated heterocycles. The van der Waals surface area contributed by atoms with Gasteiger partial charge in [0.05, 0.1) is 18.1 Å². The van der Waals surface area contributed by atoms with E-state index in [2.05, 4.69) is 10.2 Å². The summed E-state index contributed by atoms with van der Waals surface area (Å²) in [6, 6.07) is 12.8. The van der Waals surface area contributed by atoms with Crippen molar-refractivity contribution in [2.24, 2.45) is 0 Å². The van der Waals surface area contributed by atoms with Gasteiger partial charge >= 0.3 is 5.69 Å². The lowest BCUT2D eigenvalue weighted by Crippen LogP contribution is -2.50. The van der Waals surface area contributed by atoms with Crippen molar-refractivity contribution in [1.82, 2.24) is 4.90 Å². The molecule has 2 aromatic carbocycles. The Hall–Kier alpha value is -3.04. The van der Waals surface area contributed by atoms with E-state index in [1.165, 1.54) is 13.2 Å². The molecule has 188 valence electrons. The summed E-state index contributed by atoms with van der Waals surface area (Å²) in [6.07, 6.45) is 3.59. The van der Waals surface area contributed by atoms with Crippen LogP contribution in [0.4, 0.5) is 17.1 Å². The molecule has 2 aliphatic rings. The van der Waals surface area contributed by atoms with E-state index in [9.17, 15) is 14.9 Å². The Morgan fingerprint density at radius 1 is 1.09 bits per heavy atom. The Morgan fingerprint density at radius 2 is 1.77 bits per heavy atom. The van der Waals surface area contributed by atoms with Gasteiger partial charge in [-0.25, -0.2) is 0 Å². The van der Waals surface area contributed by atoms with Crippen LogP contribution in [0.25, 0.3) is 0 Å². The van der Waals surface area contributed by atoms with E-state index in [1.54, 1.807) is 12.1 Å².